The van der Waals surface area contributed by atoms with E-state index in [2.05, 4.69) is 6.92 Å². The fourth-order valence-electron chi connectivity index (χ4n) is 8.26. The van der Waals surface area contributed by atoms with Gasteiger partial charge in [-0.3, -0.25) is 4.79 Å². The maximum Gasteiger partial charge on any atom is 0.302 e. The number of hydrogen-bond acceptors (Lipinski definition) is 6. The Balaban J connectivity index is 1.80. The molecular formula is C23H38O6. The van der Waals surface area contributed by atoms with Gasteiger partial charge in [-0.1, -0.05) is 13.8 Å². The van der Waals surface area contributed by atoms with Crippen LogP contribution in [0.1, 0.15) is 79.1 Å². The molecule has 4 N–H and O–H groups in total. The summed E-state index contributed by atoms with van der Waals surface area (Å²) >= 11 is 0. The van der Waals surface area contributed by atoms with Crippen molar-refractivity contribution in [2.24, 2.45) is 28.6 Å². The third kappa shape index (κ3) is 2.65. The van der Waals surface area contributed by atoms with Crippen LogP contribution < -0.4 is 0 Å². The number of esters is 1. The van der Waals surface area contributed by atoms with E-state index >= 15 is 0 Å². The average molecular weight is 411 g/mol. The predicted octanol–water partition coefficient (Wildman–Crippen LogP) is 2.16. The highest BCUT2D eigenvalue weighted by molar-refractivity contribution is 5.66. The lowest BCUT2D eigenvalue weighted by atomic mass is 9.42. The first-order chi connectivity index (χ1) is 13.4. The van der Waals surface area contributed by atoms with Crippen LogP contribution in [0, 0.1) is 28.6 Å². The first-order valence-electron chi connectivity index (χ1n) is 11.4. The normalized spacial score (nSPS) is 55.4. The van der Waals surface area contributed by atoms with Crippen LogP contribution in [0.5, 0.6) is 0 Å². The van der Waals surface area contributed by atoms with Crippen molar-refractivity contribution in [3.05, 3.63) is 0 Å². The average Bonchev–Trinajstić information content (AvgIpc) is 2.86. The minimum Gasteiger partial charge on any atom is -0.462 e. The highest BCUT2D eigenvalue weighted by Gasteiger charge is 2.76. The molecule has 4 fully saturated rings. The Labute approximate surface area is 173 Å². The smallest absolute Gasteiger partial charge is 0.302 e. The van der Waals surface area contributed by atoms with Crippen molar-refractivity contribution in [1.82, 2.24) is 0 Å². The van der Waals surface area contributed by atoms with E-state index in [-0.39, 0.29) is 29.8 Å². The van der Waals surface area contributed by atoms with Gasteiger partial charge in [0.05, 0.1) is 23.2 Å². The van der Waals surface area contributed by atoms with Gasteiger partial charge in [-0.25, -0.2) is 0 Å². The van der Waals surface area contributed by atoms with E-state index in [0.29, 0.717) is 18.8 Å². The van der Waals surface area contributed by atoms with E-state index in [1.165, 1.54) is 6.92 Å². The maximum atomic E-state index is 12.2. The van der Waals surface area contributed by atoms with Gasteiger partial charge in [0, 0.05) is 6.92 Å². The number of aliphatic hydroxyl groups excluding tert-OH is 2. The van der Waals surface area contributed by atoms with Gasteiger partial charge in [-0.05, 0) is 81.5 Å². The second-order valence-electron chi connectivity index (χ2n) is 11.0. The Morgan fingerprint density at radius 1 is 1.03 bits per heavy atom. The number of hydrogen-bond donors (Lipinski definition) is 4. The Kier molecular flexibility index (Phi) is 4.94. The number of fused-ring (bicyclic) bond motifs is 5. The molecule has 0 saturated heterocycles. The zero-order valence-corrected chi connectivity index (χ0v) is 18.2. The molecule has 0 radical (unpaired) electrons. The molecule has 0 spiro atoms. The number of rotatable bonds is 2. The van der Waals surface area contributed by atoms with Crippen LogP contribution in [-0.4, -0.2) is 55.9 Å². The van der Waals surface area contributed by atoms with Gasteiger partial charge in [-0.15, -0.1) is 0 Å². The summed E-state index contributed by atoms with van der Waals surface area (Å²) in [5, 5.41) is 44.5. The zero-order chi connectivity index (χ0) is 21.4. The molecule has 0 unspecified atom stereocenters. The summed E-state index contributed by atoms with van der Waals surface area (Å²) in [7, 11) is 0. The van der Waals surface area contributed by atoms with Crippen LogP contribution in [-0.2, 0) is 9.53 Å². The summed E-state index contributed by atoms with van der Waals surface area (Å²) in [5.74, 6) is 0.125. The fraction of sp³-hybridized carbons (Fsp3) is 0.957. The third-order valence-electron chi connectivity index (χ3n) is 10.1. The summed E-state index contributed by atoms with van der Waals surface area (Å²) in [5.41, 5.74) is -3.86. The summed E-state index contributed by atoms with van der Waals surface area (Å²) < 4.78 is 5.79. The second kappa shape index (κ2) is 6.65. The van der Waals surface area contributed by atoms with E-state index in [9.17, 15) is 25.2 Å². The maximum absolute atomic E-state index is 12.2. The quantitative estimate of drug-likeness (QED) is 0.520. The Bertz CT molecular complexity index is 680. The molecule has 4 saturated carbocycles. The van der Waals surface area contributed by atoms with Crippen LogP contribution in [0.15, 0.2) is 0 Å². The molecular weight excluding hydrogens is 372 g/mol. The molecule has 6 nitrogen and oxygen atoms in total. The molecule has 0 aromatic carbocycles. The highest BCUT2D eigenvalue weighted by atomic mass is 16.5. The van der Waals surface area contributed by atoms with E-state index in [1.807, 2.05) is 6.92 Å². The molecule has 0 aromatic heterocycles. The number of ether oxygens (including phenoxy) is 1. The van der Waals surface area contributed by atoms with Crippen molar-refractivity contribution in [1.29, 1.82) is 0 Å². The van der Waals surface area contributed by atoms with Crippen LogP contribution in [0.3, 0.4) is 0 Å². The second-order valence-corrected chi connectivity index (χ2v) is 11.0. The number of carbonyl (C=O) groups is 1. The van der Waals surface area contributed by atoms with Gasteiger partial charge in [0.1, 0.15) is 11.7 Å². The van der Waals surface area contributed by atoms with Crippen molar-refractivity contribution in [2.75, 3.05) is 0 Å². The minimum absolute atomic E-state index is 0.0106. The van der Waals surface area contributed by atoms with Gasteiger partial charge >= 0.3 is 5.97 Å². The Morgan fingerprint density at radius 2 is 1.72 bits per heavy atom. The van der Waals surface area contributed by atoms with Gasteiger partial charge in [-0.2, -0.15) is 0 Å². The van der Waals surface area contributed by atoms with Gasteiger partial charge < -0.3 is 25.2 Å². The lowest BCUT2D eigenvalue weighted by molar-refractivity contribution is -0.289. The highest BCUT2D eigenvalue weighted by Crippen LogP contribution is 2.70. The largest absolute Gasteiger partial charge is 0.462 e. The number of aliphatic hydroxyl groups is 4. The zero-order valence-electron chi connectivity index (χ0n) is 18.2. The molecule has 0 amide bonds. The fourth-order valence-corrected chi connectivity index (χ4v) is 8.26. The monoisotopic (exact) mass is 410 g/mol. The van der Waals surface area contributed by atoms with Gasteiger partial charge in [0.25, 0.3) is 0 Å². The summed E-state index contributed by atoms with van der Waals surface area (Å²) in [6.07, 6.45) is 3.59. The molecule has 4 rings (SSSR count). The molecule has 4 aliphatic rings. The van der Waals surface area contributed by atoms with Crippen molar-refractivity contribution in [3.63, 3.8) is 0 Å². The summed E-state index contributed by atoms with van der Waals surface area (Å²) in [4.78, 5) is 12.0. The van der Waals surface area contributed by atoms with Crippen LogP contribution >= 0.6 is 0 Å². The lowest BCUT2D eigenvalue weighted by Crippen LogP contribution is -2.72. The molecule has 4 aliphatic carbocycles. The first-order valence-corrected chi connectivity index (χ1v) is 11.4. The van der Waals surface area contributed by atoms with Crippen molar-refractivity contribution >= 4 is 5.97 Å². The van der Waals surface area contributed by atoms with E-state index in [0.717, 1.165) is 32.1 Å². The van der Waals surface area contributed by atoms with Crippen LogP contribution in [0.25, 0.3) is 0 Å². The molecule has 0 heterocycles. The van der Waals surface area contributed by atoms with E-state index < -0.39 is 34.8 Å². The minimum atomic E-state index is -1.51. The summed E-state index contributed by atoms with van der Waals surface area (Å²) in [6.45, 7) is 7.03. The van der Waals surface area contributed by atoms with Crippen LogP contribution in [0.4, 0.5) is 0 Å². The third-order valence-corrected chi connectivity index (χ3v) is 10.1. The van der Waals surface area contributed by atoms with Gasteiger partial charge in [0.15, 0.2) is 0 Å². The van der Waals surface area contributed by atoms with E-state index in [1.54, 1.807) is 6.92 Å². The van der Waals surface area contributed by atoms with Crippen LogP contribution in [0.2, 0.25) is 0 Å². The Hall–Kier alpha value is -0.690. The number of carbonyl (C=O) groups excluding carboxylic acids is 1. The molecule has 10 atom stereocenters. The molecule has 29 heavy (non-hydrogen) atoms. The molecule has 6 heteroatoms. The van der Waals surface area contributed by atoms with E-state index in [4.69, 9.17) is 4.74 Å². The Morgan fingerprint density at radius 3 is 2.34 bits per heavy atom. The first kappa shape index (κ1) is 21.5. The van der Waals surface area contributed by atoms with Crippen molar-refractivity contribution in [3.8, 4) is 0 Å². The lowest BCUT2D eigenvalue weighted by Gasteiger charge is -2.66. The SMILES string of the molecule is CC(=O)O[C@@H]1C[C@@H]2[C@@H](CC[C@@H]3C[C@@H](O)CC[C@@]32C)[C@@]2(O)CC[C@@](O)([C@@H](C)O)[C@@]12C. The molecule has 166 valence electrons. The van der Waals surface area contributed by atoms with Crippen molar-refractivity contribution in [2.45, 2.75) is 109 Å². The topological polar surface area (TPSA) is 107 Å². The van der Waals surface area contributed by atoms with Crippen molar-refractivity contribution < 1.29 is 30.0 Å². The molecule has 0 bridgehead atoms. The standard InChI is InChI=1S/C23H38O6/c1-13(24)22(27)9-10-23(28)17-6-5-15-11-16(26)7-8-20(15,3)18(17)12-19(21(22,23)4)29-14(2)25/h13,15-19,24,26-28H,5-12H2,1-4H3/t13-,15-,16+,17-,18-,19-,20+,21-,22-,23+/m1/s1. The van der Waals surface area contributed by atoms with Gasteiger partial charge in [0.2, 0.25) is 0 Å². The molecule has 0 aliphatic heterocycles. The molecule has 0 aromatic rings. The predicted molar refractivity (Wildman–Crippen MR) is 107 cm³/mol. The summed E-state index contributed by atoms with van der Waals surface area (Å²) in [6, 6.07) is 0.